The number of aromatic nitrogens is 2. The summed E-state index contributed by atoms with van der Waals surface area (Å²) < 4.78 is 0. The Morgan fingerprint density at radius 3 is 2.69 bits per heavy atom. The largest absolute Gasteiger partial charge is 0.398 e. The van der Waals surface area contributed by atoms with E-state index in [9.17, 15) is 9.90 Å². The maximum atomic E-state index is 12.6. The van der Waals surface area contributed by atoms with Crippen molar-refractivity contribution in [3.05, 3.63) is 53.5 Å². The zero-order valence-electron chi connectivity index (χ0n) is 16.8. The zero-order valence-corrected chi connectivity index (χ0v) is 16.8. The first-order valence-electron chi connectivity index (χ1n) is 10.4. The molecule has 5 heteroatoms. The molecule has 0 bridgehead atoms. The summed E-state index contributed by atoms with van der Waals surface area (Å²) in [4.78, 5) is 21.6. The zero-order chi connectivity index (χ0) is 20.4. The van der Waals surface area contributed by atoms with E-state index in [0.717, 1.165) is 59.9 Å². The molecule has 0 amide bonds. The minimum atomic E-state index is -0.104. The maximum Gasteiger partial charge on any atom is 0.166 e. The second-order valence-corrected chi connectivity index (χ2v) is 7.98. The molecule has 1 aliphatic rings. The summed E-state index contributed by atoms with van der Waals surface area (Å²) in [6.07, 6.45) is 9.42. The number of hydrogen-bond donors (Lipinski definition) is 2. The molecule has 1 saturated carbocycles. The van der Waals surface area contributed by atoms with E-state index >= 15 is 0 Å². The molecule has 0 radical (unpaired) electrons. The van der Waals surface area contributed by atoms with Crippen molar-refractivity contribution in [1.29, 1.82) is 0 Å². The van der Waals surface area contributed by atoms with Crippen LogP contribution in [-0.2, 0) is 13.0 Å². The summed E-state index contributed by atoms with van der Waals surface area (Å²) in [5, 5.41) is 10.6. The Morgan fingerprint density at radius 1 is 1.21 bits per heavy atom. The van der Waals surface area contributed by atoms with Crippen molar-refractivity contribution in [2.75, 3.05) is 5.73 Å². The lowest BCUT2D eigenvalue weighted by atomic mass is 9.96. The number of unbranched alkanes of at least 4 members (excludes halogenated alkanes) is 1. The highest BCUT2D eigenvalue weighted by atomic mass is 16.3. The van der Waals surface area contributed by atoms with Gasteiger partial charge in [-0.25, -0.2) is 0 Å². The van der Waals surface area contributed by atoms with E-state index in [4.69, 9.17) is 5.73 Å². The summed E-state index contributed by atoms with van der Waals surface area (Å²) in [6.45, 7) is 2.06. The smallest absolute Gasteiger partial charge is 0.166 e. The molecule has 0 aliphatic heterocycles. The molecule has 1 aliphatic carbocycles. The highest BCUT2D eigenvalue weighted by Crippen LogP contribution is 2.36. The number of aryl methyl sites for hydroxylation is 1. The SMILES string of the molecule is CCCCc1ccc(-c2cc3c(N)c(C(=O)CC4CC4)cnc3cc2CO)cn1. The molecule has 5 nitrogen and oxygen atoms in total. The molecule has 0 unspecified atom stereocenters. The number of nitrogen functional groups attached to an aromatic ring is 1. The number of aliphatic hydroxyl groups excluding tert-OH is 1. The molecule has 3 aromatic rings. The van der Waals surface area contributed by atoms with Crippen LogP contribution in [0.15, 0.2) is 36.7 Å². The summed E-state index contributed by atoms with van der Waals surface area (Å²) in [5.74, 6) is 0.566. The highest BCUT2D eigenvalue weighted by molar-refractivity contribution is 6.08. The van der Waals surface area contributed by atoms with Crippen LogP contribution in [0.3, 0.4) is 0 Å². The van der Waals surface area contributed by atoms with Crippen molar-refractivity contribution in [2.45, 2.75) is 52.1 Å². The summed E-state index contributed by atoms with van der Waals surface area (Å²) in [7, 11) is 0. The molecule has 0 spiro atoms. The third-order valence-electron chi connectivity index (χ3n) is 5.70. The highest BCUT2D eigenvalue weighted by Gasteiger charge is 2.26. The number of carbonyl (C=O) groups is 1. The third kappa shape index (κ3) is 4.15. The van der Waals surface area contributed by atoms with Crippen molar-refractivity contribution >= 4 is 22.4 Å². The van der Waals surface area contributed by atoms with Gasteiger partial charge < -0.3 is 10.8 Å². The van der Waals surface area contributed by atoms with E-state index in [2.05, 4.69) is 16.9 Å². The second kappa shape index (κ2) is 8.29. The average Bonchev–Trinajstić information content (AvgIpc) is 3.56. The number of nitrogens with zero attached hydrogens (tertiary/aromatic N) is 2. The Hall–Kier alpha value is -2.79. The van der Waals surface area contributed by atoms with Crippen LogP contribution in [0.2, 0.25) is 0 Å². The van der Waals surface area contributed by atoms with Crippen LogP contribution in [-0.4, -0.2) is 20.9 Å². The normalized spacial score (nSPS) is 13.7. The number of Topliss-reactive ketones (excluding diaryl/α,β-unsaturated/α-hetero) is 1. The van der Waals surface area contributed by atoms with Crippen LogP contribution in [0.1, 0.15) is 60.6 Å². The van der Waals surface area contributed by atoms with Crippen LogP contribution >= 0.6 is 0 Å². The Balaban J connectivity index is 1.74. The van der Waals surface area contributed by atoms with Crippen molar-refractivity contribution < 1.29 is 9.90 Å². The minimum absolute atomic E-state index is 0.0640. The van der Waals surface area contributed by atoms with Gasteiger partial charge in [0.15, 0.2) is 5.78 Å². The van der Waals surface area contributed by atoms with Gasteiger partial charge in [0, 0.05) is 35.5 Å². The van der Waals surface area contributed by atoms with Gasteiger partial charge in [-0.2, -0.15) is 0 Å². The number of benzene rings is 1. The van der Waals surface area contributed by atoms with Crippen molar-refractivity contribution in [2.24, 2.45) is 5.92 Å². The van der Waals surface area contributed by atoms with E-state index in [1.165, 1.54) is 0 Å². The first-order valence-corrected chi connectivity index (χ1v) is 10.4. The minimum Gasteiger partial charge on any atom is -0.398 e. The molecule has 0 saturated heterocycles. The van der Waals surface area contributed by atoms with Crippen LogP contribution in [0.4, 0.5) is 5.69 Å². The van der Waals surface area contributed by atoms with Gasteiger partial charge in [-0.05, 0) is 60.9 Å². The van der Waals surface area contributed by atoms with Gasteiger partial charge in [0.25, 0.3) is 0 Å². The van der Waals surface area contributed by atoms with Crippen molar-refractivity contribution in [1.82, 2.24) is 9.97 Å². The van der Waals surface area contributed by atoms with E-state index in [0.29, 0.717) is 29.1 Å². The van der Waals surface area contributed by atoms with Crippen LogP contribution in [0.25, 0.3) is 22.0 Å². The molecule has 150 valence electrons. The molecular weight excluding hydrogens is 362 g/mol. The number of hydrogen-bond acceptors (Lipinski definition) is 5. The van der Waals surface area contributed by atoms with Crippen LogP contribution in [0.5, 0.6) is 0 Å². The topological polar surface area (TPSA) is 89.1 Å². The van der Waals surface area contributed by atoms with Crippen LogP contribution < -0.4 is 5.73 Å². The van der Waals surface area contributed by atoms with E-state index in [1.54, 1.807) is 6.20 Å². The predicted molar refractivity (Wildman–Crippen MR) is 116 cm³/mol. The molecule has 4 rings (SSSR count). The van der Waals surface area contributed by atoms with Gasteiger partial charge in [-0.15, -0.1) is 0 Å². The van der Waals surface area contributed by atoms with Gasteiger partial charge in [-0.3, -0.25) is 14.8 Å². The number of rotatable bonds is 8. The van der Waals surface area contributed by atoms with Gasteiger partial charge in [0.2, 0.25) is 0 Å². The maximum absolute atomic E-state index is 12.6. The fourth-order valence-corrected chi connectivity index (χ4v) is 3.71. The number of nitrogens with two attached hydrogens (primary N) is 1. The molecule has 2 heterocycles. The molecule has 1 aromatic carbocycles. The number of fused-ring (bicyclic) bond motifs is 1. The molecule has 1 fully saturated rings. The summed E-state index contributed by atoms with van der Waals surface area (Å²) in [6, 6.07) is 7.85. The second-order valence-electron chi connectivity index (χ2n) is 7.98. The van der Waals surface area contributed by atoms with Gasteiger partial charge in [0.1, 0.15) is 0 Å². The molecule has 2 aromatic heterocycles. The Morgan fingerprint density at radius 2 is 2.03 bits per heavy atom. The average molecular weight is 389 g/mol. The quantitative estimate of drug-likeness (QED) is 0.545. The van der Waals surface area contributed by atoms with Crippen molar-refractivity contribution in [3.63, 3.8) is 0 Å². The number of anilines is 1. The van der Waals surface area contributed by atoms with Gasteiger partial charge in [-0.1, -0.05) is 19.4 Å². The monoisotopic (exact) mass is 389 g/mol. The molecular formula is C24H27N3O2. The fraction of sp³-hybridized carbons (Fsp3) is 0.375. The Labute approximate surface area is 171 Å². The van der Waals surface area contributed by atoms with Crippen LogP contribution in [0, 0.1) is 5.92 Å². The summed E-state index contributed by atoms with van der Waals surface area (Å²) in [5.41, 5.74) is 11.7. The lowest BCUT2D eigenvalue weighted by Gasteiger charge is -2.13. The number of aliphatic hydroxyl groups is 1. The Kier molecular flexibility index (Phi) is 5.58. The molecule has 29 heavy (non-hydrogen) atoms. The van der Waals surface area contributed by atoms with E-state index in [-0.39, 0.29) is 12.4 Å². The van der Waals surface area contributed by atoms with Crippen molar-refractivity contribution in [3.8, 4) is 11.1 Å². The fourth-order valence-electron chi connectivity index (χ4n) is 3.71. The number of pyridine rings is 2. The van der Waals surface area contributed by atoms with Gasteiger partial charge >= 0.3 is 0 Å². The van der Waals surface area contributed by atoms with Gasteiger partial charge in [0.05, 0.1) is 23.4 Å². The molecule has 0 atom stereocenters. The van der Waals surface area contributed by atoms with E-state index < -0.39 is 0 Å². The first-order chi connectivity index (χ1) is 14.1. The first kappa shape index (κ1) is 19.5. The third-order valence-corrected chi connectivity index (χ3v) is 5.70. The lowest BCUT2D eigenvalue weighted by Crippen LogP contribution is -2.06. The lowest BCUT2D eigenvalue weighted by molar-refractivity contribution is 0.0976. The number of ketones is 1. The predicted octanol–water partition coefficient (Wildman–Crippen LogP) is 4.70. The summed E-state index contributed by atoms with van der Waals surface area (Å²) >= 11 is 0. The van der Waals surface area contributed by atoms with E-state index in [1.807, 2.05) is 30.5 Å². The standard InChI is InChI=1S/C24H27N3O2/c1-2-3-4-18-8-7-16(12-26-18)19-11-20-22(10-17(19)14-28)27-13-21(24(20)25)23(29)9-15-5-6-15/h7-8,10-13,15,28H,2-6,9,14H2,1H3,(H2,25,27). The number of carbonyl (C=O) groups excluding carboxylic acids is 1. The molecule has 3 N–H and O–H groups in total. The Bertz CT molecular complexity index is 1040.